The molecule has 0 N–H and O–H groups in total. The van der Waals surface area contributed by atoms with Gasteiger partial charge in [-0.15, -0.1) is 0 Å². The van der Waals surface area contributed by atoms with Crippen LogP contribution in [-0.4, -0.2) is 32.8 Å². The van der Waals surface area contributed by atoms with Crippen LogP contribution in [0.5, 0.6) is 17.2 Å². The maximum absolute atomic E-state index is 12.3. The monoisotopic (exact) mass is 409 g/mol. The van der Waals surface area contributed by atoms with Crippen molar-refractivity contribution in [1.82, 2.24) is 0 Å². The molecule has 0 aliphatic carbocycles. The molecule has 7 nitrogen and oxygen atoms in total. The lowest BCUT2D eigenvalue weighted by Crippen LogP contribution is -2.18. The van der Waals surface area contributed by atoms with Gasteiger partial charge in [-0.3, -0.25) is 0 Å². The number of hydrogen-bond acceptors (Lipinski definition) is 7. The van der Waals surface area contributed by atoms with Crippen molar-refractivity contribution in [3.8, 4) is 23.3 Å². The molecule has 30 heavy (non-hydrogen) atoms. The molecule has 0 aliphatic heterocycles. The van der Waals surface area contributed by atoms with Crippen molar-refractivity contribution in [2.24, 2.45) is 0 Å². The minimum Gasteiger partial charge on any atom is -0.493 e. The lowest BCUT2D eigenvalue weighted by molar-refractivity contribution is -0.137. The highest BCUT2D eigenvalue weighted by molar-refractivity contribution is 5.97. The Morgan fingerprint density at radius 1 is 1.03 bits per heavy atom. The van der Waals surface area contributed by atoms with Crippen molar-refractivity contribution in [3.05, 3.63) is 58.2 Å². The van der Waals surface area contributed by atoms with Crippen LogP contribution in [0.2, 0.25) is 0 Å². The van der Waals surface area contributed by atoms with E-state index in [-0.39, 0.29) is 23.7 Å². The minimum absolute atomic E-state index is 0.165. The van der Waals surface area contributed by atoms with E-state index in [1.165, 1.54) is 32.4 Å². The summed E-state index contributed by atoms with van der Waals surface area (Å²) in [7, 11) is 2.61. The summed E-state index contributed by atoms with van der Waals surface area (Å²) < 4.78 is 20.8. The molecule has 2 aromatic carbocycles. The van der Waals surface area contributed by atoms with Gasteiger partial charge >= 0.3 is 11.9 Å². The third kappa shape index (κ3) is 5.61. The largest absolute Gasteiger partial charge is 0.493 e. The van der Waals surface area contributed by atoms with E-state index in [2.05, 4.69) is 4.74 Å². The highest BCUT2D eigenvalue weighted by atomic mass is 16.6. The van der Waals surface area contributed by atoms with E-state index < -0.39 is 11.9 Å². The highest BCUT2D eigenvalue weighted by Crippen LogP contribution is 2.29. The number of hydrogen-bond donors (Lipinski definition) is 0. The van der Waals surface area contributed by atoms with Crippen molar-refractivity contribution >= 4 is 18.0 Å². The van der Waals surface area contributed by atoms with E-state index in [4.69, 9.17) is 19.5 Å². The topological polar surface area (TPSA) is 94.9 Å². The van der Waals surface area contributed by atoms with Crippen molar-refractivity contribution in [2.75, 3.05) is 20.8 Å². The van der Waals surface area contributed by atoms with E-state index in [0.717, 1.165) is 16.7 Å². The second kappa shape index (κ2) is 10.1. The molecule has 0 radical (unpaired) electrons. The van der Waals surface area contributed by atoms with Crippen LogP contribution < -0.4 is 14.2 Å². The number of esters is 2. The van der Waals surface area contributed by atoms with Crippen LogP contribution in [0.25, 0.3) is 6.08 Å². The summed E-state index contributed by atoms with van der Waals surface area (Å²) in [4.78, 5) is 23.8. The lowest BCUT2D eigenvalue weighted by atomic mass is 10.1. The van der Waals surface area contributed by atoms with Gasteiger partial charge in [-0.1, -0.05) is 12.1 Å². The average Bonchev–Trinajstić information content (AvgIpc) is 2.73. The smallest absolute Gasteiger partial charge is 0.349 e. The zero-order chi connectivity index (χ0) is 22.3. The van der Waals surface area contributed by atoms with Crippen LogP contribution >= 0.6 is 0 Å². The Labute approximate surface area is 175 Å². The summed E-state index contributed by atoms with van der Waals surface area (Å²) in [6, 6.07) is 10.3. The second-order valence-corrected chi connectivity index (χ2v) is 6.54. The number of carbonyl (C=O) groups is 2. The van der Waals surface area contributed by atoms with E-state index in [1.54, 1.807) is 12.1 Å². The molecule has 0 saturated carbocycles. The van der Waals surface area contributed by atoms with Crippen molar-refractivity contribution in [3.63, 3.8) is 0 Å². The number of aryl methyl sites for hydroxylation is 2. The Morgan fingerprint density at radius 2 is 1.77 bits per heavy atom. The highest BCUT2D eigenvalue weighted by Gasteiger charge is 2.14. The molecule has 156 valence electrons. The molecule has 0 heterocycles. The molecule has 0 bridgehead atoms. The van der Waals surface area contributed by atoms with E-state index in [9.17, 15) is 9.59 Å². The molecule has 0 spiro atoms. The summed E-state index contributed by atoms with van der Waals surface area (Å²) in [6.07, 6.45) is 1.35. The third-order valence-electron chi connectivity index (χ3n) is 4.36. The van der Waals surface area contributed by atoms with E-state index >= 15 is 0 Å². The molecule has 0 aliphatic rings. The first kappa shape index (κ1) is 22.5. The fourth-order valence-electron chi connectivity index (χ4n) is 2.71. The van der Waals surface area contributed by atoms with Gasteiger partial charge in [0.25, 0.3) is 0 Å². The summed E-state index contributed by atoms with van der Waals surface area (Å²) >= 11 is 0. The average molecular weight is 409 g/mol. The zero-order valence-corrected chi connectivity index (χ0v) is 17.6. The van der Waals surface area contributed by atoms with Gasteiger partial charge in [0.1, 0.15) is 17.4 Å². The van der Waals surface area contributed by atoms with Crippen LogP contribution in [0.15, 0.2) is 35.9 Å². The second-order valence-electron chi connectivity index (χ2n) is 6.54. The minimum atomic E-state index is -0.745. The van der Waals surface area contributed by atoms with Gasteiger partial charge in [0.2, 0.25) is 0 Å². The van der Waals surface area contributed by atoms with Crippen molar-refractivity contribution < 1.29 is 28.5 Å². The molecule has 0 aromatic heterocycles. The van der Waals surface area contributed by atoms with Gasteiger partial charge in [-0.2, -0.15) is 5.26 Å². The van der Waals surface area contributed by atoms with Crippen LogP contribution in [-0.2, 0) is 14.3 Å². The molecule has 7 heteroatoms. The van der Waals surface area contributed by atoms with Crippen LogP contribution in [0.4, 0.5) is 0 Å². The Morgan fingerprint density at radius 3 is 2.40 bits per heavy atom. The number of ether oxygens (including phenoxy) is 4. The predicted octanol–water partition coefficient (Wildman–Crippen LogP) is 3.68. The molecule has 0 saturated heterocycles. The summed E-state index contributed by atoms with van der Waals surface area (Å²) in [5.74, 6) is -0.254. The number of benzene rings is 2. The van der Waals surface area contributed by atoms with Crippen LogP contribution in [0, 0.1) is 32.1 Å². The number of rotatable bonds is 7. The number of methoxy groups -OCH3 is 2. The third-order valence-corrected chi connectivity index (χ3v) is 4.36. The Bertz CT molecular complexity index is 1030. The number of carbonyl (C=O) groups excluding carboxylic acids is 2. The van der Waals surface area contributed by atoms with Crippen molar-refractivity contribution in [1.29, 1.82) is 5.26 Å². The summed E-state index contributed by atoms with van der Waals surface area (Å²) in [5.41, 5.74) is 3.42. The maximum atomic E-state index is 12.3. The van der Waals surface area contributed by atoms with Crippen LogP contribution in [0.3, 0.4) is 0 Å². The molecular formula is C23H23NO6. The number of nitrogens with zero attached hydrogens (tertiary/aromatic N) is 1. The molecule has 0 atom stereocenters. The first-order chi connectivity index (χ1) is 14.3. The standard InChI is InChI=1S/C23H23NO6/c1-14-8-15(2)16(3)20(9-14)29-13-22(25)30-19-7-6-17(11-21(19)27-4)10-18(12-24)23(26)28-5/h6-11H,13H2,1-5H3/b18-10+. The SMILES string of the molecule is COC(=O)/C(C#N)=C/c1ccc(OC(=O)COc2cc(C)cc(C)c2C)c(OC)c1. The first-order valence-corrected chi connectivity index (χ1v) is 9.08. The Balaban J connectivity index is 2.13. The Hall–Kier alpha value is -3.79. The van der Waals surface area contributed by atoms with Gasteiger partial charge in [0.05, 0.1) is 14.2 Å². The summed E-state index contributed by atoms with van der Waals surface area (Å²) in [6.45, 7) is 5.59. The molecule has 2 rings (SSSR count). The first-order valence-electron chi connectivity index (χ1n) is 9.08. The fourth-order valence-corrected chi connectivity index (χ4v) is 2.71. The van der Waals surface area contributed by atoms with Gasteiger partial charge < -0.3 is 18.9 Å². The summed E-state index contributed by atoms with van der Waals surface area (Å²) in [5, 5.41) is 9.06. The normalized spacial score (nSPS) is 10.7. The van der Waals surface area contributed by atoms with E-state index in [0.29, 0.717) is 11.3 Å². The van der Waals surface area contributed by atoms with E-state index in [1.807, 2.05) is 32.9 Å². The molecule has 2 aromatic rings. The van der Waals surface area contributed by atoms with Crippen molar-refractivity contribution in [2.45, 2.75) is 20.8 Å². The van der Waals surface area contributed by atoms with Gasteiger partial charge in [0.15, 0.2) is 18.1 Å². The zero-order valence-electron chi connectivity index (χ0n) is 17.6. The lowest BCUT2D eigenvalue weighted by Gasteiger charge is -2.13. The molecule has 0 unspecified atom stereocenters. The van der Waals surface area contributed by atoms with Crippen LogP contribution in [0.1, 0.15) is 22.3 Å². The quantitative estimate of drug-likeness (QED) is 0.298. The van der Waals surface area contributed by atoms with Gasteiger partial charge in [0, 0.05) is 0 Å². The number of nitriles is 1. The molecule has 0 amide bonds. The van der Waals surface area contributed by atoms with Gasteiger partial charge in [-0.05, 0) is 67.3 Å². The van der Waals surface area contributed by atoms with Gasteiger partial charge in [-0.25, -0.2) is 9.59 Å². The fraction of sp³-hybridized carbons (Fsp3) is 0.261. The molecular weight excluding hydrogens is 386 g/mol. The molecule has 0 fully saturated rings. The Kier molecular flexibility index (Phi) is 7.59. The maximum Gasteiger partial charge on any atom is 0.349 e. The predicted molar refractivity (Wildman–Crippen MR) is 110 cm³/mol.